The van der Waals surface area contributed by atoms with E-state index in [0.29, 0.717) is 38.8 Å². The first-order valence-corrected chi connectivity index (χ1v) is 12.7. The topological polar surface area (TPSA) is 88.9 Å². The molecule has 1 heterocycles. The Kier molecular flexibility index (Phi) is 9.37. The van der Waals surface area contributed by atoms with Gasteiger partial charge >= 0.3 is 0 Å². The highest BCUT2D eigenvalue weighted by Gasteiger charge is 2.26. The van der Waals surface area contributed by atoms with Gasteiger partial charge in [0.2, 0.25) is 5.91 Å². The molecule has 2 aromatic carbocycles. The lowest BCUT2D eigenvalue weighted by Crippen LogP contribution is -2.34. The van der Waals surface area contributed by atoms with Crippen molar-refractivity contribution in [3.05, 3.63) is 82.1 Å². The summed E-state index contributed by atoms with van der Waals surface area (Å²) >= 11 is 13.2. The van der Waals surface area contributed by atoms with Crippen molar-refractivity contribution in [1.29, 1.82) is 0 Å². The molecule has 3 rings (SSSR count). The predicted octanol–water partition coefficient (Wildman–Crippen LogP) is 5.94. The Morgan fingerprint density at radius 1 is 1.14 bits per heavy atom. The first-order chi connectivity index (χ1) is 16.7. The van der Waals surface area contributed by atoms with Crippen molar-refractivity contribution in [3.63, 3.8) is 0 Å². The van der Waals surface area contributed by atoms with Crippen molar-refractivity contribution in [3.8, 4) is 0 Å². The molecule has 0 unspecified atom stereocenters. The lowest BCUT2D eigenvalue weighted by Gasteiger charge is -2.22. The molecule has 2 amide bonds. The van der Waals surface area contributed by atoms with E-state index in [1.54, 1.807) is 30.3 Å². The van der Waals surface area contributed by atoms with Crippen molar-refractivity contribution in [2.24, 2.45) is 5.92 Å². The number of nitrogens with one attached hydrogen (secondary N) is 2. The van der Waals surface area contributed by atoms with Gasteiger partial charge in [-0.25, -0.2) is 0 Å². The van der Waals surface area contributed by atoms with E-state index in [1.807, 2.05) is 43.5 Å². The number of allylic oxidation sites excluding steroid dienone is 1. The molecule has 7 nitrogen and oxygen atoms in total. The SMILES string of the molecule is C=CCn1c(SCC(=O)Nc2ccc(Cl)c(Cl)c2)nnc1[C@H](NC(=O)c1cccc(C)c1)C(C)C. The molecule has 0 fully saturated rings. The van der Waals surface area contributed by atoms with E-state index < -0.39 is 0 Å². The maximum atomic E-state index is 12.9. The highest BCUT2D eigenvalue weighted by molar-refractivity contribution is 7.99. The number of amides is 2. The zero-order chi connectivity index (χ0) is 25.5. The number of anilines is 1. The third kappa shape index (κ3) is 7.10. The number of carbonyl (C=O) groups is 2. The average molecular weight is 532 g/mol. The average Bonchev–Trinajstić information content (AvgIpc) is 3.20. The summed E-state index contributed by atoms with van der Waals surface area (Å²) < 4.78 is 1.87. The van der Waals surface area contributed by atoms with Crippen molar-refractivity contribution in [2.75, 3.05) is 11.1 Å². The standard InChI is InChI=1S/C25H27Cl2N5O2S/c1-5-11-32-23(22(15(2)3)29-24(34)17-8-6-7-16(4)12-17)30-31-25(32)35-14-21(33)28-18-9-10-19(26)20(27)13-18/h5-10,12-13,15,22H,1,11,14H2,2-4H3,(H,28,33)(H,29,34)/t22-/m1/s1. The summed E-state index contributed by atoms with van der Waals surface area (Å²) in [6, 6.07) is 11.9. The molecular weight excluding hydrogens is 505 g/mol. The van der Waals surface area contributed by atoms with Gasteiger partial charge in [-0.15, -0.1) is 16.8 Å². The third-order valence-electron chi connectivity index (χ3n) is 5.10. The van der Waals surface area contributed by atoms with Crippen LogP contribution in [0.3, 0.4) is 0 Å². The number of thioether (sulfide) groups is 1. The monoisotopic (exact) mass is 531 g/mol. The Hall–Kier alpha value is -2.81. The molecule has 0 aliphatic heterocycles. The first kappa shape index (κ1) is 26.8. The lowest BCUT2D eigenvalue weighted by molar-refractivity contribution is -0.113. The van der Waals surface area contributed by atoms with Gasteiger partial charge in [0, 0.05) is 17.8 Å². The van der Waals surface area contributed by atoms with Crippen molar-refractivity contribution in [1.82, 2.24) is 20.1 Å². The Bertz CT molecular complexity index is 1230. The molecule has 0 saturated carbocycles. The van der Waals surface area contributed by atoms with Crippen LogP contribution >= 0.6 is 35.0 Å². The van der Waals surface area contributed by atoms with Gasteiger partial charge in [-0.1, -0.05) is 72.6 Å². The summed E-state index contributed by atoms with van der Waals surface area (Å²) in [7, 11) is 0. The lowest BCUT2D eigenvalue weighted by atomic mass is 10.0. The molecule has 0 saturated heterocycles. The maximum Gasteiger partial charge on any atom is 0.251 e. The van der Waals surface area contributed by atoms with E-state index in [0.717, 1.165) is 5.56 Å². The fraction of sp³-hybridized carbons (Fsp3) is 0.280. The number of carbonyl (C=O) groups excluding carboxylic acids is 2. The molecule has 2 N–H and O–H groups in total. The zero-order valence-electron chi connectivity index (χ0n) is 19.7. The van der Waals surface area contributed by atoms with Crippen LogP contribution in [0, 0.1) is 12.8 Å². The van der Waals surface area contributed by atoms with Crippen LogP contribution in [0.25, 0.3) is 0 Å². The number of nitrogens with zero attached hydrogens (tertiary/aromatic N) is 3. The molecule has 10 heteroatoms. The second kappa shape index (κ2) is 12.2. The zero-order valence-corrected chi connectivity index (χ0v) is 22.0. The summed E-state index contributed by atoms with van der Waals surface area (Å²) in [5.74, 6) is 0.352. The molecule has 35 heavy (non-hydrogen) atoms. The van der Waals surface area contributed by atoms with Crippen LogP contribution in [0.15, 0.2) is 60.3 Å². The summed E-state index contributed by atoms with van der Waals surface area (Å²) in [5, 5.41) is 15.9. The molecule has 0 aliphatic rings. The first-order valence-electron chi connectivity index (χ1n) is 11.0. The van der Waals surface area contributed by atoms with E-state index >= 15 is 0 Å². The molecule has 184 valence electrons. The highest BCUT2D eigenvalue weighted by Crippen LogP contribution is 2.27. The van der Waals surface area contributed by atoms with Crippen LogP contribution in [0.4, 0.5) is 5.69 Å². The van der Waals surface area contributed by atoms with Crippen LogP contribution in [-0.2, 0) is 11.3 Å². The van der Waals surface area contributed by atoms with Crippen molar-refractivity contribution in [2.45, 2.75) is 38.5 Å². The van der Waals surface area contributed by atoms with Gasteiger partial charge < -0.3 is 15.2 Å². The van der Waals surface area contributed by atoms with E-state index in [-0.39, 0.29) is 29.5 Å². The molecule has 0 bridgehead atoms. The van der Waals surface area contributed by atoms with Gasteiger partial charge in [0.25, 0.3) is 5.91 Å². The smallest absolute Gasteiger partial charge is 0.251 e. The second-order valence-corrected chi connectivity index (χ2v) is 10.0. The van der Waals surface area contributed by atoms with Gasteiger partial charge in [0.1, 0.15) is 0 Å². The van der Waals surface area contributed by atoms with Gasteiger partial charge in [0.15, 0.2) is 11.0 Å². The van der Waals surface area contributed by atoms with Crippen molar-refractivity contribution < 1.29 is 9.59 Å². The summed E-state index contributed by atoms with van der Waals surface area (Å²) in [6.45, 7) is 10.2. The van der Waals surface area contributed by atoms with Crippen LogP contribution in [0.5, 0.6) is 0 Å². The normalized spacial score (nSPS) is 11.8. The molecular formula is C25H27Cl2N5O2S. The van der Waals surface area contributed by atoms with Crippen LogP contribution in [0.1, 0.15) is 41.6 Å². The fourth-order valence-electron chi connectivity index (χ4n) is 3.38. The number of benzene rings is 2. The number of rotatable bonds is 10. The van der Waals surface area contributed by atoms with Gasteiger partial charge in [0.05, 0.1) is 21.8 Å². The van der Waals surface area contributed by atoms with Gasteiger partial charge in [-0.3, -0.25) is 9.59 Å². The van der Waals surface area contributed by atoms with E-state index in [9.17, 15) is 9.59 Å². The van der Waals surface area contributed by atoms with E-state index in [1.165, 1.54) is 11.8 Å². The number of aryl methyl sites for hydroxylation is 1. The molecule has 3 aromatic rings. The number of aromatic nitrogens is 3. The largest absolute Gasteiger partial charge is 0.342 e. The molecule has 1 atom stereocenters. The highest BCUT2D eigenvalue weighted by atomic mass is 35.5. The quantitative estimate of drug-likeness (QED) is 0.249. The third-order valence-corrected chi connectivity index (χ3v) is 6.81. The van der Waals surface area contributed by atoms with Gasteiger partial charge in [-0.2, -0.15) is 0 Å². The second-order valence-electron chi connectivity index (χ2n) is 8.27. The van der Waals surface area contributed by atoms with Crippen LogP contribution in [-0.4, -0.2) is 32.3 Å². The minimum absolute atomic E-state index is 0.0485. The number of halogens is 2. The van der Waals surface area contributed by atoms with Crippen LogP contribution in [0.2, 0.25) is 10.0 Å². The number of hydrogen-bond acceptors (Lipinski definition) is 5. The Labute approximate surface area is 219 Å². The predicted molar refractivity (Wildman–Crippen MR) is 142 cm³/mol. The molecule has 0 aliphatic carbocycles. The minimum Gasteiger partial charge on any atom is -0.342 e. The minimum atomic E-state index is -0.380. The van der Waals surface area contributed by atoms with Crippen LogP contribution < -0.4 is 10.6 Å². The molecule has 0 spiro atoms. The number of hydrogen-bond donors (Lipinski definition) is 2. The molecule has 0 radical (unpaired) electrons. The Morgan fingerprint density at radius 2 is 1.91 bits per heavy atom. The van der Waals surface area contributed by atoms with E-state index in [4.69, 9.17) is 23.2 Å². The molecule has 1 aromatic heterocycles. The maximum absolute atomic E-state index is 12.9. The van der Waals surface area contributed by atoms with Gasteiger partial charge in [-0.05, 0) is 43.2 Å². The summed E-state index contributed by atoms with van der Waals surface area (Å²) in [5.41, 5.74) is 2.14. The summed E-state index contributed by atoms with van der Waals surface area (Å²) in [6.07, 6.45) is 1.73. The van der Waals surface area contributed by atoms with Crippen molar-refractivity contribution >= 4 is 52.5 Å². The van der Waals surface area contributed by atoms with E-state index in [2.05, 4.69) is 27.4 Å². The Morgan fingerprint density at radius 3 is 2.57 bits per heavy atom. The fourth-order valence-corrected chi connectivity index (χ4v) is 4.43. The summed E-state index contributed by atoms with van der Waals surface area (Å²) in [4.78, 5) is 25.4. The Balaban J connectivity index is 1.75.